The molecular weight excluding hydrogens is 472 g/mol. The van der Waals surface area contributed by atoms with Gasteiger partial charge in [0.25, 0.3) is 0 Å². The van der Waals surface area contributed by atoms with Crippen molar-refractivity contribution in [1.82, 2.24) is 0 Å². The Morgan fingerprint density at radius 3 is 2.28 bits per heavy atom. The number of hydrogen-bond donors (Lipinski definition) is 2. The van der Waals surface area contributed by atoms with Crippen LogP contribution in [0, 0.1) is 5.82 Å². The lowest BCUT2D eigenvalue weighted by atomic mass is 9.97. The number of aliphatic carboxylic acids is 1. The molecule has 0 saturated heterocycles. The van der Waals surface area contributed by atoms with Crippen molar-refractivity contribution >= 4 is 29.2 Å². The summed E-state index contributed by atoms with van der Waals surface area (Å²) >= 11 is 12.5. The van der Waals surface area contributed by atoms with Crippen molar-refractivity contribution in [3.8, 4) is 28.4 Å². The lowest BCUT2D eigenvalue weighted by Crippen LogP contribution is -2.09. The molecule has 3 rings (SSSR count). The van der Waals surface area contributed by atoms with Gasteiger partial charge in [0.15, 0.2) is 6.61 Å². The maximum Gasteiger partial charge on any atom is 0.387 e. The van der Waals surface area contributed by atoms with Gasteiger partial charge in [0.1, 0.15) is 23.1 Å². The summed E-state index contributed by atoms with van der Waals surface area (Å²) in [4.78, 5) is 10.6. The third-order valence-corrected chi connectivity index (χ3v) is 5.05. The largest absolute Gasteiger partial charge is 0.507 e. The third kappa shape index (κ3) is 5.77. The second-order valence-corrected chi connectivity index (χ2v) is 7.41. The van der Waals surface area contributed by atoms with Crippen LogP contribution in [0.15, 0.2) is 48.5 Å². The van der Waals surface area contributed by atoms with Crippen LogP contribution in [0.2, 0.25) is 10.0 Å². The lowest BCUT2D eigenvalue weighted by Gasteiger charge is -2.13. The lowest BCUT2D eigenvalue weighted by molar-refractivity contribution is -0.139. The number of aromatic hydroxyl groups is 1. The fourth-order valence-corrected chi connectivity index (χ4v) is 3.58. The summed E-state index contributed by atoms with van der Waals surface area (Å²) in [6.07, 6.45) is 0.180. The highest BCUT2D eigenvalue weighted by Crippen LogP contribution is 2.37. The molecule has 0 aliphatic rings. The van der Waals surface area contributed by atoms with E-state index in [1.54, 1.807) is 6.07 Å². The van der Waals surface area contributed by atoms with Gasteiger partial charge in [0.05, 0.1) is 0 Å². The Balaban J connectivity index is 1.93. The molecule has 10 heteroatoms. The van der Waals surface area contributed by atoms with Crippen molar-refractivity contribution in [2.75, 3.05) is 6.61 Å². The van der Waals surface area contributed by atoms with Crippen LogP contribution in [0.5, 0.6) is 17.2 Å². The molecule has 3 aromatic rings. The van der Waals surface area contributed by atoms with Crippen LogP contribution in [0.3, 0.4) is 0 Å². The van der Waals surface area contributed by atoms with E-state index in [9.17, 15) is 23.1 Å². The molecule has 0 fully saturated rings. The van der Waals surface area contributed by atoms with Crippen LogP contribution in [-0.4, -0.2) is 29.4 Å². The Kier molecular flexibility index (Phi) is 7.37. The Morgan fingerprint density at radius 2 is 1.66 bits per heavy atom. The molecule has 0 amide bonds. The minimum Gasteiger partial charge on any atom is -0.507 e. The second kappa shape index (κ2) is 10.0. The number of carboxylic acid groups (broad SMARTS) is 1. The number of alkyl halides is 2. The molecule has 0 aliphatic heterocycles. The van der Waals surface area contributed by atoms with E-state index in [0.717, 1.165) is 18.2 Å². The molecule has 0 unspecified atom stereocenters. The molecule has 5 nitrogen and oxygen atoms in total. The number of phenols is 1. The van der Waals surface area contributed by atoms with Gasteiger partial charge < -0.3 is 19.7 Å². The van der Waals surface area contributed by atoms with E-state index in [0.29, 0.717) is 11.1 Å². The number of rotatable bonds is 8. The van der Waals surface area contributed by atoms with Crippen molar-refractivity contribution in [1.29, 1.82) is 0 Å². The summed E-state index contributed by atoms with van der Waals surface area (Å²) in [5, 5.41) is 19.4. The molecule has 168 valence electrons. The van der Waals surface area contributed by atoms with Gasteiger partial charge in [-0.05, 0) is 53.6 Å². The molecule has 3 aromatic carbocycles. The molecular formula is C22H15Cl2F3O5. The maximum atomic E-state index is 14.4. The SMILES string of the molecule is O=C(O)COc1cc(Cl)c(Cc2ccc(O)c(-c3cc(OC(F)F)ccc3F)c2)c(Cl)c1. The van der Waals surface area contributed by atoms with Crippen molar-refractivity contribution in [3.05, 3.63) is 75.5 Å². The fraction of sp³-hybridized carbons (Fsp3) is 0.136. The van der Waals surface area contributed by atoms with E-state index < -0.39 is 25.0 Å². The summed E-state index contributed by atoms with van der Waals surface area (Å²) in [5.41, 5.74) is 1.01. The smallest absolute Gasteiger partial charge is 0.387 e. The minimum absolute atomic E-state index is 0.0633. The Hall–Kier alpha value is -3.10. The summed E-state index contributed by atoms with van der Waals surface area (Å²) in [5.74, 6) is -2.25. The Bertz CT molecular complexity index is 1130. The molecule has 0 atom stereocenters. The van der Waals surface area contributed by atoms with Gasteiger partial charge >= 0.3 is 12.6 Å². The van der Waals surface area contributed by atoms with Gasteiger partial charge in [-0.25, -0.2) is 9.18 Å². The summed E-state index contributed by atoms with van der Waals surface area (Å²) in [6.45, 7) is -3.65. The molecule has 0 aromatic heterocycles. The van der Waals surface area contributed by atoms with E-state index in [-0.39, 0.29) is 44.8 Å². The zero-order valence-corrected chi connectivity index (χ0v) is 17.6. The molecule has 0 saturated carbocycles. The minimum atomic E-state index is -3.08. The Morgan fingerprint density at radius 1 is 0.969 bits per heavy atom. The van der Waals surface area contributed by atoms with Crippen molar-refractivity contribution in [2.24, 2.45) is 0 Å². The number of carbonyl (C=O) groups is 1. The maximum absolute atomic E-state index is 14.4. The van der Waals surface area contributed by atoms with E-state index in [1.807, 2.05) is 0 Å². The first-order chi connectivity index (χ1) is 15.1. The monoisotopic (exact) mass is 486 g/mol. The number of phenolic OH excluding ortho intramolecular Hbond substituents is 1. The van der Waals surface area contributed by atoms with Gasteiger partial charge in [0, 0.05) is 27.6 Å². The van der Waals surface area contributed by atoms with Crippen LogP contribution in [-0.2, 0) is 11.2 Å². The summed E-state index contributed by atoms with van der Waals surface area (Å²) in [6, 6.07) is 10.3. The van der Waals surface area contributed by atoms with E-state index >= 15 is 0 Å². The first kappa shape index (κ1) is 23.6. The van der Waals surface area contributed by atoms with E-state index in [1.165, 1.54) is 24.3 Å². The van der Waals surface area contributed by atoms with Gasteiger partial charge in [-0.1, -0.05) is 29.3 Å². The van der Waals surface area contributed by atoms with Gasteiger partial charge in [-0.3, -0.25) is 0 Å². The van der Waals surface area contributed by atoms with Crippen molar-refractivity contribution < 1.29 is 37.7 Å². The highest BCUT2D eigenvalue weighted by Gasteiger charge is 2.16. The highest BCUT2D eigenvalue weighted by atomic mass is 35.5. The second-order valence-electron chi connectivity index (χ2n) is 6.60. The van der Waals surface area contributed by atoms with Crippen LogP contribution >= 0.6 is 23.2 Å². The van der Waals surface area contributed by atoms with E-state index in [2.05, 4.69) is 4.74 Å². The van der Waals surface area contributed by atoms with Crippen LogP contribution in [0.25, 0.3) is 11.1 Å². The molecule has 0 radical (unpaired) electrons. The van der Waals surface area contributed by atoms with Crippen molar-refractivity contribution in [3.63, 3.8) is 0 Å². The molecule has 0 heterocycles. The zero-order chi connectivity index (χ0) is 23.4. The average molecular weight is 487 g/mol. The normalized spacial score (nSPS) is 10.9. The number of hydrogen-bond acceptors (Lipinski definition) is 4. The molecule has 2 N–H and O–H groups in total. The van der Waals surface area contributed by atoms with E-state index in [4.69, 9.17) is 33.0 Å². The average Bonchev–Trinajstić information content (AvgIpc) is 2.71. The number of ether oxygens (including phenoxy) is 2. The molecule has 32 heavy (non-hydrogen) atoms. The van der Waals surface area contributed by atoms with Crippen LogP contribution in [0.1, 0.15) is 11.1 Å². The topological polar surface area (TPSA) is 76.0 Å². The third-order valence-electron chi connectivity index (χ3n) is 4.37. The van der Waals surface area contributed by atoms with Crippen molar-refractivity contribution in [2.45, 2.75) is 13.0 Å². The summed E-state index contributed by atoms with van der Waals surface area (Å²) in [7, 11) is 0. The molecule has 0 aliphatic carbocycles. The first-order valence-corrected chi connectivity index (χ1v) is 9.78. The van der Waals surface area contributed by atoms with Gasteiger partial charge in [-0.15, -0.1) is 0 Å². The highest BCUT2D eigenvalue weighted by molar-refractivity contribution is 6.36. The molecule has 0 spiro atoms. The quantitative estimate of drug-likeness (QED) is 0.398. The van der Waals surface area contributed by atoms with Crippen LogP contribution in [0.4, 0.5) is 13.2 Å². The number of carboxylic acids is 1. The van der Waals surface area contributed by atoms with Gasteiger partial charge in [0.2, 0.25) is 0 Å². The predicted octanol–water partition coefficient (Wildman–Crippen LogP) is 6.16. The Labute approximate surface area is 190 Å². The first-order valence-electron chi connectivity index (χ1n) is 9.03. The zero-order valence-electron chi connectivity index (χ0n) is 16.1. The fourth-order valence-electron chi connectivity index (χ4n) is 2.98. The predicted molar refractivity (Wildman–Crippen MR) is 113 cm³/mol. The standard InChI is InChI=1S/C22H15Cl2F3O5/c23-17-8-13(31-10-21(29)30)9-18(24)16(17)6-11-1-4-20(28)15(5-11)14-7-12(32-22(26)27)2-3-19(14)25/h1-5,7-9,22,28H,6,10H2,(H,29,30). The number of benzene rings is 3. The van der Waals surface area contributed by atoms with Crippen LogP contribution < -0.4 is 9.47 Å². The number of halogens is 5. The summed E-state index contributed by atoms with van der Waals surface area (Å²) < 4.78 is 48.8. The molecule has 0 bridgehead atoms. The van der Waals surface area contributed by atoms with Gasteiger partial charge in [-0.2, -0.15) is 8.78 Å².